The van der Waals surface area contributed by atoms with Gasteiger partial charge in [-0.2, -0.15) is 0 Å². The molecule has 3 fully saturated rings. The molecule has 3 rings (SSSR count). The predicted molar refractivity (Wildman–Crippen MR) is 57.4 cm³/mol. The van der Waals surface area contributed by atoms with Gasteiger partial charge in [0.2, 0.25) is 0 Å². The fraction of sp³-hybridized carbons (Fsp3) is 1.00. The summed E-state index contributed by atoms with van der Waals surface area (Å²) in [6, 6.07) is 0. The summed E-state index contributed by atoms with van der Waals surface area (Å²) in [7, 11) is 0. The van der Waals surface area contributed by atoms with Crippen LogP contribution < -0.4 is 24.0 Å². The molecule has 104 valence electrons. The van der Waals surface area contributed by atoms with Crippen molar-refractivity contribution in [1.29, 1.82) is 0 Å². The second-order valence-electron chi connectivity index (χ2n) is 5.90. The van der Waals surface area contributed by atoms with Gasteiger partial charge in [-0.25, -0.2) is 0 Å². The van der Waals surface area contributed by atoms with E-state index in [1.54, 1.807) is 13.8 Å². The maximum absolute atomic E-state index is 12.3. The molecule has 7 heteroatoms. The van der Waals surface area contributed by atoms with E-state index in [1.165, 1.54) is 0 Å². The van der Waals surface area contributed by atoms with Crippen molar-refractivity contribution in [2.75, 3.05) is 6.61 Å². The van der Waals surface area contributed by atoms with Gasteiger partial charge >= 0.3 is 18.9 Å². The van der Waals surface area contributed by atoms with Crippen molar-refractivity contribution in [3.05, 3.63) is 0 Å². The fourth-order valence-electron chi connectivity index (χ4n) is 2.68. The summed E-state index contributed by atoms with van der Waals surface area (Å²) in [6.07, 6.45) is -3.13. The van der Waals surface area contributed by atoms with Gasteiger partial charge in [0.25, 0.3) is 0 Å². The van der Waals surface area contributed by atoms with E-state index in [9.17, 15) is 5.11 Å². The Morgan fingerprint density at radius 1 is 0.947 bits per heavy atom. The molecule has 0 spiro atoms. The largest absolute Gasteiger partial charge is 1.00 e. The minimum Gasteiger partial charge on any atom is -0.848 e. The molecule has 0 aromatic heterocycles. The first-order valence-corrected chi connectivity index (χ1v) is 6.26. The van der Waals surface area contributed by atoms with E-state index in [1.807, 2.05) is 13.8 Å². The van der Waals surface area contributed by atoms with Gasteiger partial charge in [-0.1, -0.05) is 6.10 Å². The Balaban J connectivity index is 0.00000133. The Morgan fingerprint density at radius 2 is 1.63 bits per heavy atom. The average Bonchev–Trinajstić information content (AvgIpc) is 2.81. The summed E-state index contributed by atoms with van der Waals surface area (Å²) in [4.78, 5) is 0. The van der Waals surface area contributed by atoms with Crippen LogP contribution in [0.2, 0.25) is 0 Å². The van der Waals surface area contributed by atoms with Crippen molar-refractivity contribution in [2.24, 2.45) is 0 Å². The van der Waals surface area contributed by atoms with Crippen LogP contribution in [0.1, 0.15) is 27.7 Å². The molecule has 3 heterocycles. The minimum absolute atomic E-state index is 0. The second-order valence-corrected chi connectivity index (χ2v) is 5.90. The van der Waals surface area contributed by atoms with Crippen LogP contribution in [0.3, 0.4) is 0 Å². The Kier molecular flexibility index (Phi) is 4.12. The molecule has 6 nitrogen and oxygen atoms in total. The Hall–Kier alpha value is 0.357. The van der Waals surface area contributed by atoms with Crippen molar-refractivity contribution in [3.63, 3.8) is 0 Å². The molecule has 0 aromatic rings. The molecule has 19 heavy (non-hydrogen) atoms. The molecule has 0 aliphatic carbocycles. The molecule has 2 unspecified atom stereocenters. The van der Waals surface area contributed by atoms with Gasteiger partial charge in [-0.3, -0.25) is 0 Å². The Labute approximate surface area is 124 Å². The molecule has 0 amide bonds. The van der Waals surface area contributed by atoms with E-state index in [-0.39, 0.29) is 25.0 Å². The Bertz CT molecular complexity index is 347. The summed E-state index contributed by atoms with van der Waals surface area (Å²) in [5, 5.41) is 12.3. The standard InChI is InChI=1S/C12H19O6.Li/c1-11(2)14-5-6(16-11)8-7(13)9-10(15-8)18-12(3,4)17-9;/h6-10H,5H2,1-4H3;/q-1;+1/t6-,7?,8-,9?,10-;/m1./s1. The zero-order valence-corrected chi connectivity index (χ0v) is 12.0. The van der Waals surface area contributed by atoms with Crippen LogP contribution in [0.4, 0.5) is 0 Å². The van der Waals surface area contributed by atoms with Gasteiger partial charge in [-0.15, -0.1) is 0 Å². The van der Waals surface area contributed by atoms with Crippen LogP contribution in [-0.2, 0) is 23.7 Å². The predicted octanol–water partition coefficient (Wildman–Crippen LogP) is -3.25. The quantitative estimate of drug-likeness (QED) is 0.464. The first kappa shape index (κ1) is 15.7. The van der Waals surface area contributed by atoms with E-state index in [4.69, 9.17) is 23.7 Å². The maximum Gasteiger partial charge on any atom is 1.00 e. The van der Waals surface area contributed by atoms with Crippen LogP contribution in [0.5, 0.6) is 0 Å². The molecule has 0 aromatic carbocycles. The molecule has 0 radical (unpaired) electrons. The third-order valence-electron chi connectivity index (χ3n) is 3.42. The minimum atomic E-state index is -1.01. The van der Waals surface area contributed by atoms with Gasteiger partial charge in [0, 0.05) is 0 Å². The topological polar surface area (TPSA) is 69.2 Å². The molecule has 3 saturated heterocycles. The van der Waals surface area contributed by atoms with Gasteiger partial charge in [0.15, 0.2) is 17.9 Å². The van der Waals surface area contributed by atoms with Gasteiger partial charge in [0.05, 0.1) is 12.7 Å². The summed E-state index contributed by atoms with van der Waals surface area (Å²) in [6.45, 7) is 7.54. The normalized spacial score (nSPS) is 46.9. The number of rotatable bonds is 1. The molecule has 3 aliphatic rings. The molecule has 3 aliphatic heterocycles. The van der Waals surface area contributed by atoms with Crippen molar-refractivity contribution >= 4 is 0 Å². The zero-order chi connectivity index (χ0) is 13.1. The summed E-state index contributed by atoms with van der Waals surface area (Å²) in [5.74, 6) is -1.41. The molecule has 0 bridgehead atoms. The van der Waals surface area contributed by atoms with Gasteiger partial charge < -0.3 is 28.8 Å². The van der Waals surface area contributed by atoms with E-state index in [2.05, 4.69) is 0 Å². The van der Waals surface area contributed by atoms with Crippen molar-refractivity contribution < 1.29 is 47.7 Å². The van der Waals surface area contributed by atoms with Crippen molar-refractivity contribution in [1.82, 2.24) is 0 Å². The zero-order valence-electron chi connectivity index (χ0n) is 12.0. The van der Waals surface area contributed by atoms with E-state index < -0.39 is 36.2 Å². The molecule has 0 N–H and O–H groups in total. The van der Waals surface area contributed by atoms with Crippen LogP contribution in [-0.4, -0.2) is 48.9 Å². The van der Waals surface area contributed by atoms with E-state index in [0.29, 0.717) is 6.61 Å². The Morgan fingerprint density at radius 3 is 2.16 bits per heavy atom. The van der Waals surface area contributed by atoms with E-state index in [0.717, 1.165) is 0 Å². The van der Waals surface area contributed by atoms with Crippen LogP contribution in [0.15, 0.2) is 0 Å². The van der Waals surface area contributed by atoms with Gasteiger partial charge in [-0.05, 0) is 27.7 Å². The van der Waals surface area contributed by atoms with Crippen LogP contribution in [0, 0.1) is 0 Å². The monoisotopic (exact) mass is 266 g/mol. The number of hydrogen-bond donors (Lipinski definition) is 0. The van der Waals surface area contributed by atoms with Crippen molar-refractivity contribution in [3.8, 4) is 0 Å². The molecule has 0 saturated carbocycles. The van der Waals surface area contributed by atoms with Crippen molar-refractivity contribution in [2.45, 2.75) is 70.0 Å². The number of ether oxygens (including phenoxy) is 5. The summed E-state index contributed by atoms with van der Waals surface area (Å²) >= 11 is 0. The molecular formula is C12H19LiO6. The first-order valence-electron chi connectivity index (χ1n) is 6.26. The van der Waals surface area contributed by atoms with Crippen LogP contribution in [0.25, 0.3) is 0 Å². The molecular weight excluding hydrogens is 247 g/mol. The summed E-state index contributed by atoms with van der Waals surface area (Å²) in [5.41, 5.74) is 0. The average molecular weight is 266 g/mol. The summed E-state index contributed by atoms with van der Waals surface area (Å²) < 4.78 is 27.9. The number of hydrogen-bond acceptors (Lipinski definition) is 6. The maximum atomic E-state index is 12.3. The third-order valence-corrected chi connectivity index (χ3v) is 3.42. The molecule has 5 atom stereocenters. The number of fused-ring (bicyclic) bond motifs is 1. The van der Waals surface area contributed by atoms with E-state index >= 15 is 0 Å². The first-order chi connectivity index (χ1) is 8.27. The van der Waals surface area contributed by atoms with Gasteiger partial charge in [0.1, 0.15) is 12.2 Å². The fourth-order valence-corrected chi connectivity index (χ4v) is 2.68. The second kappa shape index (κ2) is 4.97. The SMILES string of the molecule is CC1(C)OC2C([O-])[C@@H]([C@H]3COC(C)(C)O3)O[C@@H]2O1.[Li+]. The van der Waals surface area contributed by atoms with Crippen LogP contribution >= 0.6 is 0 Å². The smallest absolute Gasteiger partial charge is 0.848 e. The third kappa shape index (κ3) is 2.87.